The van der Waals surface area contributed by atoms with Gasteiger partial charge in [0, 0.05) is 0 Å². The first-order valence-electron chi connectivity index (χ1n) is 7.02. The van der Waals surface area contributed by atoms with E-state index < -0.39 is 11.9 Å². The van der Waals surface area contributed by atoms with E-state index in [-0.39, 0.29) is 5.76 Å². The van der Waals surface area contributed by atoms with Crippen LogP contribution in [0.4, 0.5) is 0 Å². The number of rotatable bonds is 7. The number of carboxylic acids is 1. The molecule has 0 spiro atoms. The lowest BCUT2D eigenvalue weighted by Crippen LogP contribution is -2.01. The van der Waals surface area contributed by atoms with Crippen molar-refractivity contribution in [1.29, 1.82) is 5.26 Å². The van der Waals surface area contributed by atoms with E-state index in [0.717, 1.165) is 11.3 Å². The van der Waals surface area contributed by atoms with Gasteiger partial charge in [0.15, 0.2) is 0 Å². The number of aryl methyl sites for hydroxylation is 1. The van der Waals surface area contributed by atoms with Crippen LogP contribution in [0.25, 0.3) is 0 Å². The van der Waals surface area contributed by atoms with Crippen LogP contribution in [-0.4, -0.2) is 17.7 Å². The first-order chi connectivity index (χ1) is 10.6. The Morgan fingerprint density at radius 2 is 2.23 bits per heavy atom. The van der Waals surface area contributed by atoms with E-state index in [1.807, 2.05) is 31.2 Å². The maximum atomic E-state index is 10.8. The summed E-state index contributed by atoms with van der Waals surface area (Å²) in [6.45, 7) is 2.49. The van der Waals surface area contributed by atoms with Crippen molar-refractivity contribution in [3.05, 3.63) is 53.5 Å². The van der Waals surface area contributed by atoms with Crippen LogP contribution in [0.2, 0.25) is 0 Å². The molecular formula is C17H17NO4. The summed E-state index contributed by atoms with van der Waals surface area (Å²) in [4.78, 5) is 10.8. The molecule has 2 rings (SSSR count). The quantitative estimate of drug-likeness (QED) is 0.787. The average Bonchev–Trinajstić information content (AvgIpc) is 2.97. The molecule has 0 aliphatic heterocycles. The summed E-state index contributed by atoms with van der Waals surface area (Å²) in [6, 6.07) is 12.8. The van der Waals surface area contributed by atoms with Crippen LogP contribution in [-0.2, 0) is 0 Å². The molecule has 0 aliphatic rings. The molecule has 1 aromatic heterocycles. The van der Waals surface area contributed by atoms with E-state index in [1.165, 1.54) is 6.07 Å². The number of hydrogen-bond acceptors (Lipinski definition) is 4. The van der Waals surface area contributed by atoms with Crippen molar-refractivity contribution in [3.8, 4) is 11.8 Å². The lowest BCUT2D eigenvalue weighted by molar-refractivity contribution is 0.0660. The van der Waals surface area contributed by atoms with Gasteiger partial charge in [-0.25, -0.2) is 4.79 Å². The lowest BCUT2D eigenvalue weighted by atomic mass is 10.0. The Bertz CT molecular complexity index is 684. The van der Waals surface area contributed by atoms with Gasteiger partial charge < -0.3 is 14.3 Å². The fourth-order valence-corrected chi connectivity index (χ4v) is 2.11. The van der Waals surface area contributed by atoms with Gasteiger partial charge in [-0.15, -0.1) is 0 Å². The molecule has 0 saturated carbocycles. The summed E-state index contributed by atoms with van der Waals surface area (Å²) >= 11 is 0. The van der Waals surface area contributed by atoms with E-state index in [1.54, 1.807) is 6.07 Å². The number of hydrogen-bond donors (Lipinski definition) is 1. The highest BCUT2D eigenvalue weighted by Gasteiger charge is 2.17. The molecule has 1 N–H and O–H groups in total. The van der Waals surface area contributed by atoms with Crippen LogP contribution in [0.5, 0.6) is 5.75 Å². The predicted molar refractivity (Wildman–Crippen MR) is 79.9 cm³/mol. The minimum absolute atomic E-state index is 0.147. The second kappa shape index (κ2) is 7.32. The molecular weight excluding hydrogens is 282 g/mol. The Kier molecular flexibility index (Phi) is 5.21. The highest BCUT2D eigenvalue weighted by atomic mass is 16.5. The van der Waals surface area contributed by atoms with Crippen molar-refractivity contribution in [2.24, 2.45) is 0 Å². The number of nitrogens with zero attached hydrogens (tertiary/aromatic N) is 1. The van der Waals surface area contributed by atoms with E-state index in [2.05, 4.69) is 6.07 Å². The summed E-state index contributed by atoms with van der Waals surface area (Å²) < 4.78 is 10.8. The number of ether oxygens (including phenoxy) is 1. The molecule has 2 aromatic rings. The number of aromatic carboxylic acids is 1. The van der Waals surface area contributed by atoms with Crippen LogP contribution in [0.3, 0.4) is 0 Å². The van der Waals surface area contributed by atoms with Gasteiger partial charge in [0.05, 0.1) is 12.7 Å². The van der Waals surface area contributed by atoms with E-state index in [9.17, 15) is 10.1 Å². The van der Waals surface area contributed by atoms with Crippen molar-refractivity contribution in [2.75, 3.05) is 6.61 Å². The Hall–Kier alpha value is -2.74. The molecule has 1 heterocycles. The van der Waals surface area contributed by atoms with Gasteiger partial charge >= 0.3 is 5.97 Å². The molecule has 22 heavy (non-hydrogen) atoms. The number of furan rings is 1. The Morgan fingerprint density at radius 1 is 1.41 bits per heavy atom. The molecule has 0 aliphatic carbocycles. The predicted octanol–water partition coefficient (Wildman–Crippen LogP) is 3.75. The SMILES string of the molecule is Cc1cccc(OCCCC(C#N)c2ccc(C(=O)O)o2)c1. The highest BCUT2D eigenvalue weighted by Crippen LogP contribution is 2.23. The first kappa shape index (κ1) is 15.6. The normalized spacial score (nSPS) is 11.6. The third-order valence-corrected chi connectivity index (χ3v) is 3.23. The molecule has 5 heteroatoms. The van der Waals surface area contributed by atoms with Gasteiger partial charge in [0.25, 0.3) is 0 Å². The standard InChI is InChI=1S/C17H17NO4/c1-12-4-2-6-14(10-12)21-9-3-5-13(11-18)15-7-8-16(22-15)17(19)20/h2,4,6-8,10,13H,3,5,9H2,1H3,(H,19,20). The van der Waals surface area contributed by atoms with E-state index in [0.29, 0.717) is 25.2 Å². The minimum atomic E-state index is -1.13. The Labute approximate surface area is 128 Å². The van der Waals surface area contributed by atoms with Gasteiger partial charge in [-0.1, -0.05) is 12.1 Å². The number of benzene rings is 1. The minimum Gasteiger partial charge on any atom is -0.494 e. The summed E-state index contributed by atoms with van der Waals surface area (Å²) in [5.41, 5.74) is 1.13. The molecule has 0 bridgehead atoms. The van der Waals surface area contributed by atoms with Crippen LogP contribution in [0.15, 0.2) is 40.8 Å². The van der Waals surface area contributed by atoms with Crippen molar-refractivity contribution in [3.63, 3.8) is 0 Å². The number of nitriles is 1. The molecule has 0 amide bonds. The van der Waals surface area contributed by atoms with Crippen LogP contribution in [0.1, 0.15) is 40.6 Å². The van der Waals surface area contributed by atoms with Crippen molar-refractivity contribution < 1.29 is 19.1 Å². The summed E-state index contributed by atoms with van der Waals surface area (Å²) in [6.07, 6.45) is 1.23. The second-order valence-corrected chi connectivity index (χ2v) is 5.00. The summed E-state index contributed by atoms with van der Waals surface area (Å²) in [5, 5.41) is 18.0. The molecule has 1 atom stereocenters. The largest absolute Gasteiger partial charge is 0.494 e. The monoisotopic (exact) mass is 299 g/mol. The van der Waals surface area contributed by atoms with Crippen molar-refractivity contribution in [1.82, 2.24) is 0 Å². The molecule has 5 nitrogen and oxygen atoms in total. The van der Waals surface area contributed by atoms with Gasteiger partial charge in [0.2, 0.25) is 5.76 Å². The molecule has 1 unspecified atom stereocenters. The summed E-state index contributed by atoms with van der Waals surface area (Å²) in [5.74, 6) is -0.554. The zero-order valence-corrected chi connectivity index (χ0v) is 12.3. The Balaban J connectivity index is 1.83. The Morgan fingerprint density at radius 3 is 2.86 bits per heavy atom. The molecule has 0 saturated heterocycles. The zero-order chi connectivity index (χ0) is 15.9. The fraction of sp³-hybridized carbons (Fsp3) is 0.294. The maximum absolute atomic E-state index is 10.8. The van der Waals surface area contributed by atoms with E-state index in [4.69, 9.17) is 14.3 Å². The van der Waals surface area contributed by atoms with Gasteiger partial charge in [0.1, 0.15) is 17.4 Å². The van der Waals surface area contributed by atoms with Gasteiger partial charge in [-0.3, -0.25) is 0 Å². The van der Waals surface area contributed by atoms with Gasteiger partial charge in [-0.05, 0) is 49.6 Å². The van der Waals surface area contributed by atoms with Crippen LogP contribution in [0, 0.1) is 18.3 Å². The molecule has 0 fully saturated rings. The van der Waals surface area contributed by atoms with Crippen molar-refractivity contribution in [2.45, 2.75) is 25.7 Å². The van der Waals surface area contributed by atoms with Crippen LogP contribution < -0.4 is 4.74 Å². The topological polar surface area (TPSA) is 83.5 Å². The van der Waals surface area contributed by atoms with Crippen molar-refractivity contribution >= 4 is 5.97 Å². The van der Waals surface area contributed by atoms with Crippen LogP contribution >= 0.6 is 0 Å². The molecule has 0 radical (unpaired) electrons. The zero-order valence-electron chi connectivity index (χ0n) is 12.3. The summed E-state index contributed by atoms with van der Waals surface area (Å²) in [7, 11) is 0. The second-order valence-electron chi connectivity index (χ2n) is 5.00. The fourth-order valence-electron chi connectivity index (χ4n) is 2.11. The number of carboxylic acid groups (broad SMARTS) is 1. The molecule has 114 valence electrons. The van der Waals surface area contributed by atoms with E-state index >= 15 is 0 Å². The maximum Gasteiger partial charge on any atom is 0.371 e. The lowest BCUT2D eigenvalue weighted by Gasteiger charge is -2.08. The molecule has 1 aromatic carbocycles. The smallest absolute Gasteiger partial charge is 0.371 e. The number of carbonyl (C=O) groups is 1. The third kappa shape index (κ3) is 4.13. The average molecular weight is 299 g/mol. The first-order valence-corrected chi connectivity index (χ1v) is 7.02. The third-order valence-electron chi connectivity index (χ3n) is 3.23. The highest BCUT2D eigenvalue weighted by molar-refractivity contribution is 5.84. The van der Waals surface area contributed by atoms with Gasteiger partial charge in [-0.2, -0.15) is 5.26 Å².